The van der Waals surface area contributed by atoms with E-state index in [-0.39, 0.29) is 18.6 Å². The number of hydrogen-bond acceptors (Lipinski definition) is 5. The third kappa shape index (κ3) is 4.59. The lowest BCUT2D eigenvalue weighted by molar-refractivity contribution is -0.275. The van der Waals surface area contributed by atoms with Crippen LogP contribution in [0.3, 0.4) is 0 Å². The maximum Gasteiger partial charge on any atom is 0.573 e. The molecule has 3 rings (SSSR count). The van der Waals surface area contributed by atoms with Crippen molar-refractivity contribution in [2.75, 3.05) is 6.61 Å². The first kappa shape index (κ1) is 21.7. The molecule has 0 saturated heterocycles. The van der Waals surface area contributed by atoms with Gasteiger partial charge in [0.2, 0.25) is 0 Å². The minimum atomic E-state index is -5.02. The number of nitrogens with zero attached hydrogens (tertiary/aromatic N) is 1. The first-order chi connectivity index (χ1) is 13.4. The van der Waals surface area contributed by atoms with Crippen LogP contribution in [0.5, 0.6) is 11.5 Å². The van der Waals surface area contributed by atoms with Crippen LogP contribution in [-0.2, 0) is 16.9 Å². The highest BCUT2D eigenvalue weighted by atomic mass is 32.2. The summed E-state index contributed by atoms with van der Waals surface area (Å²) in [6.45, 7) is 5.52. The summed E-state index contributed by atoms with van der Waals surface area (Å²) in [5.74, 6) is -1.71. The van der Waals surface area contributed by atoms with Gasteiger partial charge >= 0.3 is 6.36 Å². The molecule has 2 atom stereocenters. The molecule has 5 nitrogen and oxygen atoms in total. The van der Waals surface area contributed by atoms with Crippen molar-refractivity contribution < 1.29 is 31.6 Å². The zero-order chi connectivity index (χ0) is 21.4. The standard InChI is InChI=1S/C19H20F4N2O3S/c1-17(2,3)29(26)25-18(8-10-27-15-5-4-9-24-16(15)18)12-6-7-14(13(20)11-12)28-19(21,22)23/h4-7,9,11,25H,8,10H2,1-3H3. The SMILES string of the molecule is CC(C)(C)[S+]([O-])NC1(c2ccc(OC(F)(F)F)c(F)c2)CCOc2cccnc21. The highest BCUT2D eigenvalue weighted by Crippen LogP contribution is 2.43. The number of halogens is 4. The number of aromatic nitrogens is 1. The molecule has 0 fully saturated rings. The van der Waals surface area contributed by atoms with Crippen molar-refractivity contribution in [1.29, 1.82) is 0 Å². The molecule has 1 aliphatic rings. The molecular formula is C19H20F4N2O3S. The molecule has 29 heavy (non-hydrogen) atoms. The van der Waals surface area contributed by atoms with E-state index in [1.165, 1.54) is 12.3 Å². The van der Waals surface area contributed by atoms with Gasteiger partial charge in [-0.1, -0.05) is 6.07 Å². The molecule has 1 aromatic carbocycles. The monoisotopic (exact) mass is 432 g/mol. The third-order valence-electron chi connectivity index (χ3n) is 4.38. The number of hydrogen-bond donors (Lipinski definition) is 1. The Bertz CT molecular complexity index is 888. The summed E-state index contributed by atoms with van der Waals surface area (Å²) in [4.78, 5) is 4.34. The average Bonchev–Trinajstić information content (AvgIpc) is 2.61. The summed E-state index contributed by atoms with van der Waals surface area (Å²) < 4.78 is 76.6. The molecule has 1 aliphatic heterocycles. The van der Waals surface area contributed by atoms with E-state index in [4.69, 9.17) is 4.74 Å². The van der Waals surface area contributed by atoms with E-state index in [1.807, 2.05) is 0 Å². The van der Waals surface area contributed by atoms with Gasteiger partial charge in [-0.2, -0.15) is 0 Å². The Morgan fingerprint density at radius 1 is 1.24 bits per heavy atom. The lowest BCUT2D eigenvalue weighted by atomic mass is 9.82. The highest BCUT2D eigenvalue weighted by molar-refractivity contribution is 7.90. The lowest BCUT2D eigenvalue weighted by Gasteiger charge is -2.40. The number of ether oxygens (including phenoxy) is 2. The molecule has 2 unspecified atom stereocenters. The summed E-state index contributed by atoms with van der Waals surface area (Å²) in [5.41, 5.74) is -0.567. The molecular weight excluding hydrogens is 412 g/mol. The zero-order valence-corrected chi connectivity index (χ0v) is 16.8. The maximum absolute atomic E-state index is 14.5. The van der Waals surface area contributed by atoms with Gasteiger partial charge < -0.3 is 14.0 Å². The predicted molar refractivity (Wildman–Crippen MR) is 99.2 cm³/mol. The van der Waals surface area contributed by atoms with Crippen molar-refractivity contribution in [3.8, 4) is 11.5 Å². The van der Waals surface area contributed by atoms with E-state index >= 15 is 0 Å². The van der Waals surface area contributed by atoms with E-state index in [1.54, 1.807) is 32.9 Å². The van der Waals surface area contributed by atoms with Crippen molar-refractivity contribution in [3.05, 3.63) is 53.6 Å². The van der Waals surface area contributed by atoms with Crippen LogP contribution in [0.2, 0.25) is 0 Å². The Morgan fingerprint density at radius 2 is 1.97 bits per heavy atom. The van der Waals surface area contributed by atoms with Crippen molar-refractivity contribution in [2.24, 2.45) is 0 Å². The summed E-state index contributed by atoms with van der Waals surface area (Å²) in [6, 6.07) is 6.49. The highest BCUT2D eigenvalue weighted by Gasteiger charge is 2.47. The third-order valence-corrected chi connectivity index (χ3v) is 6.03. The second-order valence-corrected chi connectivity index (χ2v) is 9.50. The van der Waals surface area contributed by atoms with Crippen LogP contribution in [-0.4, -0.2) is 27.3 Å². The molecule has 0 bridgehead atoms. The summed E-state index contributed by atoms with van der Waals surface area (Å²) in [7, 11) is 0. The zero-order valence-electron chi connectivity index (χ0n) is 16.0. The van der Waals surface area contributed by atoms with E-state index in [0.29, 0.717) is 11.4 Å². The van der Waals surface area contributed by atoms with Gasteiger partial charge in [0.15, 0.2) is 11.6 Å². The van der Waals surface area contributed by atoms with E-state index in [2.05, 4.69) is 14.4 Å². The molecule has 0 radical (unpaired) electrons. The number of alkyl halides is 3. The van der Waals surface area contributed by atoms with Gasteiger partial charge in [0.1, 0.15) is 21.7 Å². The fourth-order valence-corrected chi connectivity index (χ4v) is 3.92. The molecule has 158 valence electrons. The van der Waals surface area contributed by atoms with E-state index < -0.39 is 39.6 Å². The molecule has 0 spiro atoms. The number of benzene rings is 1. The Morgan fingerprint density at radius 3 is 2.59 bits per heavy atom. The molecule has 0 saturated carbocycles. The molecule has 2 aromatic rings. The van der Waals surface area contributed by atoms with Gasteiger partial charge in [0, 0.05) is 24.0 Å². The van der Waals surface area contributed by atoms with E-state index in [9.17, 15) is 22.1 Å². The molecule has 1 aromatic heterocycles. The fraction of sp³-hybridized carbons (Fsp3) is 0.421. The Balaban J connectivity index is 2.12. The number of nitrogens with one attached hydrogen (secondary N) is 1. The van der Waals surface area contributed by atoms with Gasteiger partial charge in [-0.3, -0.25) is 4.98 Å². The Kier molecular flexibility index (Phi) is 5.72. The van der Waals surface area contributed by atoms with Crippen LogP contribution >= 0.6 is 0 Å². The van der Waals surface area contributed by atoms with Crippen molar-refractivity contribution in [1.82, 2.24) is 9.71 Å². The molecule has 0 aliphatic carbocycles. The Hall–Kier alpha value is -2.04. The van der Waals surface area contributed by atoms with Crippen LogP contribution in [0.15, 0.2) is 36.5 Å². The van der Waals surface area contributed by atoms with Crippen LogP contribution in [0.1, 0.15) is 38.4 Å². The first-order valence-electron chi connectivity index (χ1n) is 8.76. The van der Waals surface area contributed by atoms with Crippen molar-refractivity contribution >= 4 is 11.4 Å². The van der Waals surface area contributed by atoms with Gasteiger partial charge in [0.05, 0.1) is 6.61 Å². The predicted octanol–water partition coefficient (Wildman–Crippen LogP) is 4.20. The quantitative estimate of drug-likeness (QED) is 0.580. The van der Waals surface area contributed by atoms with Gasteiger partial charge in [0.25, 0.3) is 0 Å². The molecule has 2 heterocycles. The van der Waals surface area contributed by atoms with Gasteiger partial charge in [-0.05, 0) is 50.6 Å². The number of fused-ring (bicyclic) bond motifs is 1. The maximum atomic E-state index is 14.5. The first-order valence-corrected chi connectivity index (χ1v) is 9.91. The van der Waals surface area contributed by atoms with Crippen LogP contribution in [0.4, 0.5) is 17.6 Å². The van der Waals surface area contributed by atoms with E-state index in [0.717, 1.165) is 12.1 Å². The van der Waals surface area contributed by atoms with Crippen molar-refractivity contribution in [3.63, 3.8) is 0 Å². The number of pyridine rings is 1. The normalized spacial score (nSPS) is 20.6. The van der Waals surface area contributed by atoms with Crippen LogP contribution in [0.25, 0.3) is 0 Å². The molecule has 1 N–H and O–H groups in total. The minimum Gasteiger partial charge on any atom is -0.598 e. The smallest absolute Gasteiger partial charge is 0.573 e. The Labute approximate surface area is 168 Å². The van der Waals surface area contributed by atoms with Gasteiger partial charge in [-0.15, -0.1) is 17.9 Å². The fourth-order valence-electron chi connectivity index (χ4n) is 2.98. The molecule has 10 heteroatoms. The summed E-state index contributed by atoms with van der Waals surface area (Å²) in [6.07, 6.45) is -3.25. The second-order valence-electron chi connectivity index (χ2n) is 7.53. The van der Waals surface area contributed by atoms with Crippen LogP contribution in [0, 0.1) is 5.82 Å². The summed E-state index contributed by atoms with van der Waals surface area (Å²) in [5, 5.41) is 0. The van der Waals surface area contributed by atoms with Crippen molar-refractivity contribution in [2.45, 2.75) is 43.8 Å². The topological polar surface area (TPSA) is 66.4 Å². The number of rotatable bonds is 4. The van der Waals surface area contributed by atoms with Gasteiger partial charge in [-0.25, -0.2) is 4.39 Å². The summed E-state index contributed by atoms with van der Waals surface area (Å²) >= 11 is -1.59. The average molecular weight is 432 g/mol. The second kappa shape index (κ2) is 7.66. The van der Waals surface area contributed by atoms with Crippen LogP contribution < -0.4 is 14.2 Å². The lowest BCUT2D eigenvalue weighted by Crippen LogP contribution is -2.54. The minimum absolute atomic E-state index is 0.218. The molecule has 0 amide bonds. The largest absolute Gasteiger partial charge is 0.598 e.